The Balaban J connectivity index is 1.72. The average molecular weight is 506 g/mol. The molecule has 0 saturated carbocycles. The van der Waals surface area contributed by atoms with Crippen LogP contribution in [-0.2, 0) is 36.4 Å². The first-order valence-corrected chi connectivity index (χ1v) is 11.6. The van der Waals surface area contributed by atoms with Crippen LogP contribution in [0, 0.1) is 0 Å². The molecular weight excluding hydrogens is 490 g/mol. The van der Waals surface area contributed by atoms with Gasteiger partial charge in [0, 0.05) is 10.7 Å². The molecule has 3 aliphatic heterocycles. The molecule has 29 heavy (non-hydrogen) atoms. The topological polar surface area (TPSA) is 155 Å². The van der Waals surface area contributed by atoms with E-state index in [-0.39, 0.29) is 18.5 Å². The van der Waals surface area contributed by atoms with Crippen molar-refractivity contribution in [2.24, 2.45) is 0 Å². The Bertz CT molecular complexity index is 982. The number of anilines is 1. The Morgan fingerprint density at radius 2 is 2.28 bits per heavy atom. The lowest BCUT2D eigenvalue weighted by molar-refractivity contribution is -0.234. The number of halogens is 1. The van der Waals surface area contributed by atoms with Gasteiger partial charge in [-0.1, -0.05) is 15.9 Å². The summed E-state index contributed by atoms with van der Waals surface area (Å²) in [7, 11) is -0.414. The van der Waals surface area contributed by atoms with E-state index in [9.17, 15) is 23.7 Å². The molecule has 4 atom stereocenters. The third-order valence-corrected chi connectivity index (χ3v) is 8.01. The number of nitrogens with zero attached hydrogens (tertiary/aromatic N) is 3. The number of hydrogen-bond donors (Lipinski definition) is 3. The maximum Gasteiger partial charge on any atom is 0.352 e. The number of nitrogens with one attached hydrogen (secondary N) is 1. The standard InChI is InChI=1S/C15H16BrN5O6S2/c1-27-21-10-7(2-3-16)9(11(23)24)20-12(25)15(21,13(20)29(10)26)19-8(22)4-6-5-28-14(17)18-6/h5,10,13H,2-4H2,1H3,(H2,17,18)(H,19,22)(H,23,24)/t10?,13-,15-,29+/m1/s1. The Labute approximate surface area is 179 Å². The van der Waals surface area contributed by atoms with E-state index in [1.807, 2.05) is 0 Å². The van der Waals surface area contributed by atoms with Gasteiger partial charge in [-0.25, -0.2) is 9.78 Å². The zero-order chi connectivity index (χ0) is 21.1. The van der Waals surface area contributed by atoms with Crippen LogP contribution in [0.5, 0.6) is 0 Å². The minimum absolute atomic E-state index is 0.141. The van der Waals surface area contributed by atoms with E-state index in [1.165, 1.54) is 18.4 Å². The van der Waals surface area contributed by atoms with Crippen molar-refractivity contribution < 1.29 is 28.5 Å². The van der Waals surface area contributed by atoms with Crippen LogP contribution in [0.25, 0.3) is 0 Å². The molecule has 11 nitrogen and oxygen atoms in total. The normalized spacial score (nSPS) is 30.5. The van der Waals surface area contributed by atoms with Crippen molar-refractivity contribution in [2.45, 2.75) is 29.3 Å². The number of hydrogen-bond acceptors (Lipinski definition) is 9. The van der Waals surface area contributed by atoms with Crippen LogP contribution in [0.3, 0.4) is 0 Å². The Morgan fingerprint density at radius 3 is 2.83 bits per heavy atom. The zero-order valence-corrected chi connectivity index (χ0v) is 18.2. The van der Waals surface area contributed by atoms with Gasteiger partial charge >= 0.3 is 5.97 Å². The zero-order valence-electron chi connectivity index (χ0n) is 15.0. The highest BCUT2D eigenvalue weighted by atomic mass is 79.9. The van der Waals surface area contributed by atoms with Gasteiger partial charge in [0.2, 0.25) is 11.6 Å². The summed E-state index contributed by atoms with van der Waals surface area (Å²) in [6, 6.07) is 0. The van der Waals surface area contributed by atoms with Crippen LogP contribution in [0.15, 0.2) is 16.7 Å². The fourth-order valence-corrected chi connectivity index (χ4v) is 7.18. The van der Waals surface area contributed by atoms with Crippen molar-refractivity contribution in [1.82, 2.24) is 20.3 Å². The van der Waals surface area contributed by atoms with Gasteiger partial charge in [-0.15, -0.1) is 16.4 Å². The number of nitrogen functional groups attached to an aromatic ring is 1. The van der Waals surface area contributed by atoms with Crippen LogP contribution in [0.1, 0.15) is 12.1 Å². The number of amides is 2. The molecule has 3 aliphatic rings. The van der Waals surface area contributed by atoms with E-state index in [0.29, 0.717) is 21.7 Å². The summed E-state index contributed by atoms with van der Waals surface area (Å²) in [4.78, 5) is 48.0. The number of fused-ring (bicyclic) bond motifs is 1. The summed E-state index contributed by atoms with van der Waals surface area (Å²) >= 11 is 4.44. The average Bonchev–Trinajstić information content (AvgIpc) is 3.09. The second-order valence-electron chi connectivity index (χ2n) is 6.50. The number of rotatable bonds is 7. The second kappa shape index (κ2) is 7.12. The number of nitrogens with two attached hydrogens (primary N) is 1. The number of carboxylic acid groups (broad SMARTS) is 1. The lowest BCUT2D eigenvalue weighted by atomic mass is 9.96. The molecule has 0 aliphatic carbocycles. The van der Waals surface area contributed by atoms with Crippen LogP contribution >= 0.6 is 27.3 Å². The lowest BCUT2D eigenvalue weighted by Crippen LogP contribution is -2.82. The van der Waals surface area contributed by atoms with Crippen LogP contribution < -0.4 is 11.1 Å². The van der Waals surface area contributed by atoms with Crippen molar-refractivity contribution in [2.75, 3.05) is 18.2 Å². The first-order valence-electron chi connectivity index (χ1n) is 8.37. The molecule has 1 aromatic heterocycles. The molecule has 1 aromatic rings. The van der Waals surface area contributed by atoms with E-state index >= 15 is 0 Å². The van der Waals surface area contributed by atoms with E-state index in [1.54, 1.807) is 5.38 Å². The molecule has 0 radical (unpaired) electrons. The monoisotopic (exact) mass is 505 g/mol. The van der Waals surface area contributed by atoms with Gasteiger partial charge < -0.3 is 16.2 Å². The van der Waals surface area contributed by atoms with Crippen molar-refractivity contribution in [1.29, 1.82) is 0 Å². The molecule has 2 amide bonds. The second-order valence-corrected chi connectivity index (χ2v) is 9.74. The third-order valence-electron chi connectivity index (χ3n) is 4.98. The minimum atomic E-state index is -1.74. The molecule has 2 bridgehead atoms. The van der Waals surface area contributed by atoms with Crippen molar-refractivity contribution in [3.63, 3.8) is 0 Å². The number of thiazole rings is 1. The van der Waals surface area contributed by atoms with Gasteiger partial charge in [0.05, 0.1) is 30.0 Å². The van der Waals surface area contributed by atoms with Gasteiger partial charge in [0.25, 0.3) is 5.91 Å². The molecular formula is C15H16BrN5O6S2. The Morgan fingerprint density at radius 1 is 1.55 bits per heavy atom. The van der Waals surface area contributed by atoms with Crippen molar-refractivity contribution >= 4 is 61.0 Å². The SMILES string of the molecule is CON1C2C(CCBr)=C(C(=O)O)N3C(=O)[C@]1(NC(=O)Cc1csc(N)n1)[C@H]3[S@]2=O. The highest BCUT2D eigenvalue weighted by molar-refractivity contribution is 9.09. The van der Waals surface area contributed by atoms with Crippen molar-refractivity contribution in [3.8, 4) is 0 Å². The molecule has 4 heterocycles. The summed E-state index contributed by atoms with van der Waals surface area (Å²) in [6.07, 6.45) is 0.105. The molecule has 2 fully saturated rings. The lowest BCUT2D eigenvalue weighted by Gasteiger charge is -2.51. The number of carboxylic acids is 1. The van der Waals surface area contributed by atoms with E-state index < -0.39 is 45.0 Å². The Hall–Kier alpha value is -1.87. The van der Waals surface area contributed by atoms with Gasteiger partial charge in [-0.3, -0.25) is 23.5 Å². The fourth-order valence-electron chi connectivity index (χ4n) is 3.98. The summed E-state index contributed by atoms with van der Waals surface area (Å²) in [5, 5.41) is 13.8. The molecule has 4 rings (SSSR count). The van der Waals surface area contributed by atoms with E-state index in [2.05, 4.69) is 26.2 Å². The fraction of sp³-hybridized carbons (Fsp3) is 0.467. The highest BCUT2D eigenvalue weighted by Crippen LogP contribution is 2.54. The van der Waals surface area contributed by atoms with Crippen molar-refractivity contribution in [3.05, 3.63) is 22.3 Å². The number of carbonyl (C=O) groups excluding carboxylic acids is 2. The molecule has 0 spiro atoms. The maximum absolute atomic E-state index is 13.1. The van der Waals surface area contributed by atoms with E-state index in [0.717, 1.165) is 9.96 Å². The molecule has 0 aromatic carbocycles. The highest BCUT2D eigenvalue weighted by Gasteiger charge is 2.79. The first kappa shape index (κ1) is 20.4. The quantitative estimate of drug-likeness (QED) is 0.323. The van der Waals surface area contributed by atoms with Gasteiger partial charge in [0.1, 0.15) is 11.1 Å². The third kappa shape index (κ3) is 2.70. The van der Waals surface area contributed by atoms with Crippen LogP contribution in [0.4, 0.5) is 5.13 Å². The minimum Gasteiger partial charge on any atom is -0.477 e. The van der Waals surface area contributed by atoms with Crippen LogP contribution in [-0.4, -0.2) is 70.9 Å². The molecule has 14 heteroatoms. The number of carbonyl (C=O) groups is 3. The number of hydroxylamine groups is 2. The van der Waals surface area contributed by atoms with Gasteiger partial charge in [0.15, 0.2) is 10.5 Å². The summed E-state index contributed by atoms with van der Waals surface area (Å²) in [6.45, 7) is 0. The Kier molecular flexibility index (Phi) is 5.01. The predicted octanol–water partition coefficient (Wildman–Crippen LogP) is -0.662. The smallest absolute Gasteiger partial charge is 0.352 e. The summed E-state index contributed by atoms with van der Waals surface area (Å²) < 4.78 is 13.1. The number of alkyl halides is 1. The van der Waals surface area contributed by atoms with E-state index in [4.69, 9.17) is 10.6 Å². The molecule has 156 valence electrons. The maximum atomic E-state index is 13.1. The first-order chi connectivity index (χ1) is 13.8. The molecule has 4 N–H and O–H groups in total. The van der Waals surface area contributed by atoms with Crippen LogP contribution in [0.2, 0.25) is 0 Å². The number of aromatic nitrogens is 1. The van der Waals surface area contributed by atoms with Gasteiger partial charge in [-0.2, -0.15) is 0 Å². The number of β-lactam (4-membered cyclic amide) rings is 1. The molecule has 1 unspecified atom stereocenters. The molecule has 2 saturated heterocycles. The van der Waals surface area contributed by atoms with Gasteiger partial charge in [-0.05, 0) is 12.0 Å². The number of aliphatic carboxylic acids is 1. The summed E-state index contributed by atoms with van der Waals surface area (Å²) in [5.41, 5.74) is 4.37. The summed E-state index contributed by atoms with van der Waals surface area (Å²) in [5.74, 6) is -2.54. The largest absolute Gasteiger partial charge is 0.477 e. The predicted molar refractivity (Wildman–Crippen MR) is 106 cm³/mol.